The van der Waals surface area contributed by atoms with Gasteiger partial charge < -0.3 is 11.1 Å². The van der Waals surface area contributed by atoms with Crippen LogP contribution in [0.3, 0.4) is 0 Å². The molecule has 2 rings (SSSR count). The SMILES string of the molecule is NC1CC(CNc2cc(Br)ccc2F)C1. The molecule has 0 saturated heterocycles. The Morgan fingerprint density at radius 2 is 2.20 bits per heavy atom. The van der Waals surface area contributed by atoms with Crippen LogP contribution in [0.1, 0.15) is 12.8 Å². The van der Waals surface area contributed by atoms with Crippen LogP contribution >= 0.6 is 15.9 Å². The van der Waals surface area contributed by atoms with Gasteiger partial charge in [-0.3, -0.25) is 0 Å². The van der Waals surface area contributed by atoms with Gasteiger partial charge in [-0.2, -0.15) is 0 Å². The van der Waals surface area contributed by atoms with Gasteiger partial charge in [-0.1, -0.05) is 15.9 Å². The van der Waals surface area contributed by atoms with E-state index < -0.39 is 0 Å². The molecule has 15 heavy (non-hydrogen) atoms. The molecule has 2 nitrogen and oxygen atoms in total. The van der Waals surface area contributed by atoms with Gasteiger partial charge in [-0.05, 0) is 37.0 Å². The zero-order valence-corrected chi connectivity index (χ0v) is 9.93. The van der Waals surface area contributed by atoms with Crippen LogP contribution in [0.15, 0.2) is 22.7 Å². The topological polar surface area (TPSA) is 38.0 Å². The minimum absolute atomic E-state index is 0.207. The lowest BCUT2D eigenvalue weighted by Crippen LogP contribution is -2.39. The molecule has 0 heterocycles. The highest BCUT2D eigenvalue weighted by molar-refractivity contribution is 9.10. The number of rotatable bonds is 3. The van der Waals surface area contributed by atoms with Crippen molar-refractivity contribution in [2.75, 3.05) is 11.9 Å². The summed E-state index contributed by atoms with van der Waals surface area (Å²) in [6, 6.07) is 5.26. The van der Waals surface area contributed by atoms with Gasteiger partial charge in [0.1, 0.15) is 5.82 Å². The fourth-order valence-electron chi connectivity index (χ4n) is 1.84. The first-order valence-corrected chi connectivity index (χ1v) is 5.89. The second kappa shape index (κ2) is 4.49. The fraction of sp³-hybridized carbons (Fsp3) is 0.455. The van der Waals surface area contributed by atoms with Crippen LogP contribution in [0, 0.1) is 11.7 Å². The van der Waals surface area contributed by atoms with Crippen LogP contribution in [0.4, 0.5) is 10.1 Å². The van der Waals surface area contributed by atoms with E-state index in [-0.39, 0.29) is 5.82 Å². The van der Waals surface area contributed by atoms with Crippen molar-refractivity contribution in [1.82, 2.24) is 0 Å². The fourth-order valence-corrected chi connectivity index (χ4v) is 2.20. The van der Waals surface area contributed by atoms with E-state index in [4.69, 9.17) is 5.73 Å². The van der Waals surface area contributed by atoms with E-state index in [1.807, 2.05) is 0 Å². The lowest BCUT2D eigenvalue weighted by atomic mass is 9.81. The highest BCUT2D eigenvalue weighted by Gasteiger charge is 2.25. The average Bonchev–Trinajstić information content (AvgIpc) is 2.16. The third-order valence-electron chi connectivity index (χ3n) is 2.78. The van der Waals surface area contributed by atoms with Crippen molar-refractivity contribution >= 4 is 21.6 Å². The van der Waals surface area contributed by atoms with E-state index in [2.05, 4.69) is 21.2 Å². The molecular weight excluding hydrogens is 259 g/mol. The molecule has 0 unspecified atom stereocenters. The summed E-state index contributed by atoms with van der Waals surface area (Å²) in [6.45, 7) is 0.807. The third-order valence-corrected chi connectivity index (χ3v) is 3.28. The Labute approximate surface area is 97.2 Å². The highest BCUT2D eigenvalue weighted by atomic mass is 79.9. The summed E-state index contributed by atoms with van der Waals surface area (Å²) in [5.41, 5.74) is 6.24. The van der Waals surface area contributed by atoms with Gasteiger partial charge in [0.2, 0.25) is 0 Å². The second-order valence-electron chi connectivity index (χ2n) is 4.10. The van der Waals surface area contributed by atoms with Gasteiger partial charge in [0, 0.05) is 17.1 Å². The molecule has 4 heteroatoms. The molecule has 1 aliphatic carbocycles. The molecule has 0 atom stereocenters. The molecule has 1 fully saturated rings. The average molecular weight is 273 g/mol. The number of anilines is 1. The molecule has 1 saturated carbocycles. The first-order chi connectivity index (χ1) is 7.15. The summed E-state index contributed by atoms with van der Waals surface area (Å²) in [7, 11) is 0. The summed E-state index contributed by atoms with van der Waals surface area (Å²) in [5, 5.41) is 3.12. The summed E-state index contributed by atoms with van der Waals surface area (Å²) in [6.07, 6.45) is 2.09. The van der Waals surface area contributed by atoms with E-state index in [9.17, 15) is 4.39 Å². The van der Waals surface area contributed by atoms with Crippen LogP contribution in [-0.2, 0) is 0 Å². The molecule has 0 aromatic heterocycles. The number of benzene rings is 1. The number of hydrogen-bond acceptors (Lipinski definition) is 2. The lowest BCUT2D eigenvalue weighted by molar-refractivity contribution is 0.280. The Morgan fingerprint density at radius 3 is 2.87 bits per heavy atom. The van der Waals surface area contributed by atoms with Crippen molar-refractivity contribution in [3.05, 3.63) is 28.5 Å². The minimum Gasteiger partial charge on any atom is -0.382 e. The van der Waals surface area contributed by atoms with E-state index in [0.29, 0.717) is 17.6 Å². The van der Waals surface area contributed by atoms with Crippen molar-refractivity contribution in [3.63, 3.8) is 0 Å². The Morgan fingerprint density at radius 1 is 1.47 bits per heavy atom. The van der Waals surface area contributed by atoms with Crippen molar-refractivity contribution in [1.29, 1.82) is 0 Å². The summed E-state index contributed by atoms with van der Waals surface area (Å²) >= 11 is 3.32. The van der Waals surface area contributed by atoms with Gasteiger partial charge in [0.15, 0.2) is 0 Å². The van der Waals surface area contributed by atoms with Crippen molar-refractivity contribution < 1.29 is 4.39 Å². The van der Waals surface area contributed by atoms with E-state index in [0.717, 1.165) is 23.9 Å². The Hall–Kier alpha value is -0.610. The van der Waals surface area contributed by atoms with Crippen molar-refractivity contribution in [2.45, 2.75) is 18.9 Å². The van der Waals surface area contributed by atoms with Gasteiger partial charge in [0.05, 0.1) is 5.69 Å². The molecule has 3 N–H and O–H groups in total. The van der Waals surface area contributed by atoms with Crippen molar-refractivity contribution in [2.24, 2.45) is 11.7 Å². The Balaban J connectivity index is 1.90. The summed E-state index contributed by atoms with van der Waals surface area (Å²) in [4.78, 5) is 0. The Bertz CT molecular complexity index is 350. The maximum Gasteiger partial charge on any atom is 0.146 e. The maximum absolute atomic E-state index is 13.3. The normalized spacial score (nSPS) is 24.7. The lowest BCUT2D eigenvalue weighted by Gasteiger charge is -2.32. The standard InChI is InChI=1S/C11H14BrFN2/c12-8-1-2-10(13)11(5-8)15-6-7-3-9(14)4-7/h1-2,5,7,9,15H,3-4,6,14H2. The van der Waals surface area contributed by atoms with Gasteiger partial charge >= 0.3 is 0 Å². The number of nitrogens with one attached hydrogen (secondary N) is 1. The predicted octanol–water partition coefficient (Wildman–Crippen LogP) is 2.74. The number of nitrogens with two attached hydrogens (primary N) is 1. The molecule has 0 radical (unpaired) electrons. The molecule has 1 aromatic carbocycles. The molecule has 1 aliphatic rings. The molecule has 0 amide bonds. The van der Waals surface area contributed by atoms with Crippen molar-refractivity contribution in [3.8, 4) is 0 Å². The number of hydrogen-bond donors (Lipinski definition) is 2. The van der Waals surface area contributed by atoms with Gasteiger partial charge in [-0.15, -0.1) is 0 Å². The van der Waals surface area contributed by atoms with E-state index in [1.165, 1.54) is 6.07 Å². The Kier molecular flexibility index (Phi) is 3.26. The quantitative estimate of drug-likeness (QED) is 0.888. The molecule has 82 valence electrons. The monoisotopic (exact) mass is 272 g/mol. The third kappa shape index (κ3) is 2.69. The van der Waals surface area contributed by atoms with E-state index >= 15 is 0 Å². The second-order valence-corrected chi connectivity index (χ2v) is 5.02. The zero-order chi connectivity index (χ0) is 10.8. The minimum atomic E-state index is -0.207. The summed E-state index contributed by atoms with van der Waals surface area (Å²) < 4.78 is 14.2. The van der Waals surface area contributed by atoms with Gasteiger partial charge in [0.25, 0.3) is 0 Å². The van der Waals surface area contributed by atoms with Crippen LogP contribution in [0.5, 0.6) is 0 Å². The van der Waals surface area contributed by atoms with Crippen LogP contribution in [0.2, 0.25) is 0 Å². The van der Waals surface area contributed by atoms with Gasteiger partial charge in [-0.25, -0.2) is 4.39 Å². The molecule has 1 aromatic rings. The van der Waals surface area contributed by atoms with Crippen LogP contribution in [0.25, 0.3) is 0 Å². The van der Waals surface area contributed by atoms with Crippen LogP contribution in [-0.4, -0.2) is 12.6 Å². The highest BCUT2D eigenvalue weighted by Crippen LogP contribution is 2.27. The zero-order valence-electron chi connectivity index (χ0n) is 8.34. The first-order valence-electron chi connectivity index (χ1n) is 5.09. The predicted molar refractivity (Wildman–Crippen MR) is 63.3 cm³/mol. The first kappa shape index (κ1) is 10.9. The van der Waals surface area contributed by atoms with Crippen LogP contribution < -0.4 is 11.1 Å². The molecule has 0 spiro atoms. The molecular formula is C11H14BrFN2. The molecule has 0 bridgehead atoms. The molecule has 0 aliphatic heterocycles. The summed E-state index contributed by atoms with van der Waals surface area (Å²) in [5.74, 6) is 0.389. The number of halogens is 2. The smallest absolute Gasteiger partial charge is 0.146 e. The largest absolute Gasteiger partial charge is 0.382 e. The maximum atomic E-state index is 13.3. The van der Waals surface area contributed by atoms with E-state index in [1.54, 1.807) is 12.1 Å².